The summed E-state index contributed by atoms with van der Waals surface area (Å²) in [5, 5.41) is 3.34. The molecule has 0 aliphatic rings. The molecule has 1 heterocycles. The Labute approximate surface area is 161 Å². The first-order chi connectivity index (χ1) is 13.0. The van der Waals surface area contributed by atoms with Crippen LogP contribution in [0, 0.1) is 13.8 Å². The van der Waals surface area contributed by atoms with Gasteiger partial charge in [0.1, 0.15) is 5.52 Å². The summed E-state index contributed by atoms with van der Waals surface area (Å²) in [4.78, 5) is 17.2. The van der Waals surface area contributed by atoms with Crippen LogP contribution in [-0.4, -0.2) is 10.9 Å². The fourth-order valence-corrected chi connectivity index (χ4v) is 3.21. The second-order valence-electron chi connectivity index (χ2n) is 6.40. The van der Waals surface area contributed by atoms with Crippen molar-refractivity contribution in [3.63, 3.8) is 0 Å². The summed E-state index contributed by atoms with van der Waals surface area (Å²) < 4.78 is 5.91. The molecule has 0 bridgehead atoms. The summed E-state index contributed by atoms with van der Waals surface area (Å²) >= 11 is 6.12. The number of benzene rings is 3. The van der Waals surface area contributed by atoms with Crippen LogP contribution in [0.5, 0.6) is 0 Å². The van der Waals surface area contributed by atoms with Crippen molar-refractivity contribution >= 4 is 34.3 Å². The van der Waals surface area contributed by atoms with Crippen molar-refractivity contribution in [3.8, 4) is 11.5 Å². The summed E-state index contributed by atoms with van der Waals surface area (Å²) in [5.41, 5.74) is 5.51. The molecule has 4 aromatic rings. The molecule has 4 nitrogen and oxygen atoms in total. The van der Waals surface area contributed by atoms with Crippen LogP contribution in [0.1, 0.15) is 21.5 Å². The number of nitrogens with one attached hydrogen (secondary N) is 1. The summed E-state index contributed by atoms with van der Waals surface area (Å²) in [6, 6.07) is 18.5. The second-order valence-corrected chi connectivity index (χ2v) is 6.81. The number of hydrogen-bond acceptors (Lipinski definition) is 3. The zero-order valence-electron chi connectivity index (χ0n) is 14.9. The van der Waals surface area contributed by atoms with Crippen molar-refractivity contribution in [3.05, 3.63) is 82.4 Å². The SMILES string of the molecule is Cc1ccc2oc(-c3cccc(NC(=O)c4ccccc4Cl)c3C)nc2c1. The van der Waals surface area contributed by atoms with Crippen LogP contribution in [-0.2, 0) is 0 Å². The first-order valence-corrected chi connectivity index (χ1v) is 8.94. The first-order valence-electron chi connectivity index (χ1n) is 8.56. The number of nitrogens with zero attached hydrogens (tertiary/aromatic N) is 1. The molecule has 0 aliphatic carbocycles. The predicted octanol–water partition coefficient (Wildman–Crippen LogP) is 6.02. The molecule has 4 rings (SSSR count). The average molecular weight is 377 g/mol. The summed E-state index contributed by atoms with van der Waals surface area (Å²) in [6.07, 6.45) is 0. The molecule has 0 atom stereocenters. The van der Waals surface area contributed by atoms with Gasteiger partial charge < -0.3 is 9.73 Å². The van der Waals surface area contributed by atoms with Crippen molar-refractivity contribution in [1.29, 1.82) is 0 Å². The number of rotatable bonds is 3. The van der Waals surface area contributed by atoms with E-state index in [1.54, 1.807) is 24.3 Å². The van der Waals surface area contributed by atoms with Gasteiger partial charge in [0.2, 0.25) is 5.89 Å². The fourth-order valence-electron chi connectivity index (χ4n) is 2.99. The van der Waals surface area contributed by atoms with E-state index < -0.39 is 0 Å². The zero-order valence-corrected chi connectivity index (χ0v) is 15.7. The normalized spacial score (nSPS) is 10.9. The highest BCUT2D eigenvalue weighted by molar-refractivity contribution is 6.34. The third-order valence-electron chi connectivity index (χ3n) is 4.47. The molecule has 1 N–H and O–H groups in total. The number of anilines is 1. The van der Waals surface area contributed by atoms with E-state index in [2.05, 4.69) is 10.3 Å². The van der Waals surface area contributed by atoms with E-state index in [0.717, 1.165) is 27.8 Å². The van der Waals surface area contributed by atoms with E-state index in [-0.39, 0.29) is 5.91 Å². The maximum atomic E-state index is 12.6. The molecule has 0 unspecified atom stereocenters. The maximum absolute atomic E-state index is 12.6. The Morgan fingerprint density at radius 1 is 1.04 bits per heavy atom. The topological polar surface area (TPSA) is 55.1 Å². The highest BCUT2D eigenvalue weighted by atomic mass is 35.5. The van der Waals surface area contributed by atoms with Gasteiger partial charge in [-0.2, -0.15) is 0 Å². The number of oxazole rings is 1. The lowest BCUT2D eigenvalue weighted by molar-refractivity contribution is 0.102. The molecule has 27 heavy (non-hydrogen) atoms. The number of fused-ring (bicyclic) bond motifs is 1. The number of aromatic nitrogens is 1. The van der Waals surface area contributed by atoms with Crippen LogP contribution in [0.3, 0.4) is 0 Å². The van der Waals surface area contributed by atoms with Gasteiger partial charge in [0.15, 0.2) is 5.58 Å². The Morgan fingerprint density at radius 2 is 1.85 bits per heavy atom. The van der Waals surface area contributed by atoms with Crippen molar-refractivity contribution < 1.29 is 9.21 Å². The number of halogens is 1. The number of carbonyl (C=O) groups is 1. The van der Waals surface area contributed by atoms with E-state index in [4.69, 9.17) is 16.0 Å². The Morgan fingerprint density at radius 3 is 2.67 bits per heavy atom. The van der Waals surface area contributed by atoms with Crippen molar-refractivity contribution in [1.82, 2.24) is 4.98 Å². The lowest BCUT2D eigenvalue weighted by Gasteiger charge is -2.11. The van der Waals surface area contributed by atoms with Crippen LogP contribution in [0.25, 0.3) is 22.6 Å². The highest BCUT2D eigenvalue weighted by Gasteiger charge is 2.15. The van der Waals surface area contributed by atoms with Crippen LogP contribution in [0.4, 0.5) is 5.69 Å². The van der Waals surface area contributed by atoms with Crippen LogP contribution in [0.2, 0.25) is 5.02 Å². The molecule has 0 fully saturated rings. The molecule has 0 saturated heterocycles. The average Bonchev–Trinajstić information content (AvgIpc) is 3.06. The van der Waals surface area contributed by atoms with Gasteiger partial charge in [-0.15, -0.1) is 0 Å². The quantitative estimate of drug-likeness (QED) is 0.475. The minimum absolute atomic E-state index is 0.256. The fraction of sp³-hybridized carbons (Fsp3) is 0.0909. The smallest absolute Gasteiger partial charge is 0.257 e. The Bertz CT molecular complexity index is 1160. The molecule has 134 valence electrons. The Hall–Kier alpha value is -3.11. The molecule has 0 radical (unpaired) electrons. The Kier molecular flexibility index (Phi) is 4.42. The van der Waals surface area contributed by atoms with Gasteiger partial charge in [-0.25, -0.2) is 4.98 Å². The monoisotopic (exact) mass is 376 g/mol. The molecule has 1 aromatic heterocycles. The van der Waals surface area contributed by atoms with Gasteiger partial charge in [0.25, 0.3) is 5.91 Å². The summed E-state index contributed by atoms with van der Waals surface area (Å²) in [6.45, 7) is 3.95. The minimum atomic E-state index is -0.256. The molecule has 1 amide bonds. The number of carbonyl (C=O) groups excluding carboxylic acids is 1. The molecule has 3 aromatic carbocycles. The van der Waals surface area contributed by atoms with Gasteiger partial charge in [-0.05, 0) is 61.4 Å². The highest BCUT2D eigenvalue weighted by Crippen LogP contribution is 2.31. The number of aryl methyl sites for hydroxylation is 1. The van der Waals surface area contributed by atoms with Crippen LogP contribution >= 0.6 is 11.6 Å². The van der Waals surface area contributed by atoms with Crippen molar-refractivity contribution in [2.24, 2.45) is 0 Å². The minimum Gasteiger partial charge on any atom is -0.436 e. The number of amides is 1. The van der Waals surface area contributed by atoms with Gasteiger partial charge in [-0.1, -0.05) is 35.9 Å². The molecule has 5 heteroatoms. The molecule has 0 aliphatic heterocycles. The van der Waals surface area contributed by atoms with Gasteiger partial charge >= 0.3 is 0 Å². The van der Waals surface area contributed by atoms with Crippen LogP contribution in [0.15, 0.2) is 65.1 Å². The zero-order chi connectivity index (χ0) is 19.0. The first kappa shape index (κ1) is 17.3. The van der Waals surface area contributed by atoms with E-state index >= 15 is 0 Å². The van der Waals surface area contributed by atoms with Gasteiger partial charge in [0, 0.05) is 11.3 Å². The molecule has 0 saturated carbocycles. The standard InChI is InChI=1S/C22H17ClN2O2/c1-13-10-11-20-19(12-13)25-22(27-20)15-7-5-9-18(14(15)2)24-21(26)16-6-3-4-8-17(16)23/h3-12H,1-2H3,(H,24,26). The molecular weight excluding hydrogens is 360 g/mol. The van der Waals surface area contributed by atoms with E-state index in [0.29, 0.717) is 22.2 Å². The van der Waals surface area contributed by atoms with Gasteiger partial charge in [-0.3, -0.25) is 4.79 Å². The lowest BCUT2D eigenvalue weighted by Crippen LogP contribution is -2.13. The molecule has 0 spiro atoms. The largest absolute Gasteiger partial charge is 0.436 e. The van der Waals surface area contributed by atoms with E-state index in [1.165, 1.54) is 0 Å². The van der Waals surface area contributed by atoms with E-state index in [9.17, 15) is 4.79 Å². The van der Waals surface area contributed by atoms with Crippen molar-refractivity contribution in [2.45, 2.75) is 13.8 Å². The number of hydrogen-bond donors (Lipinski definition) is 1. The Balaban J connectivity index is 1.70. The summed E-state index contributed by atoms with van der Waals surface area (Å²) in [5.74, 6) is 0.274. The van der Waals surface area contributed by atoms with Gasteiger partial charge in [0.05, 0.1) is 10.6 Å². The second kappa shape index (κ2) is 6.89. The molecular formula is C22H17ClN2O2. The lowest BCUT2D eigenvalue weighted by atomic mass is 10.1. The maximum Gasteiger partial charge on any atom is 0.257 e. The van der Waals surface area contributed by atoms with Crippen molar-refractivity contribution in [2.75, 3.05) is 5.32 Å². The third-order valence-corrected chi connectivity index (χ3v) is 4.80. The summed E-state index contributed by atoms with van der Waals surface area (Å²) in [7, 11) is 0. The predicted molar refractivity (Wildman–Crippen MR) is 108 cm³/mol. The van der Waals surface area contributed by atoms with E-state index in [1.807, 2.05) is 50.2 Å². The third kappa shape index (κ3) is 3.32. The van der Waals surface area contributed by atoms with Crippen LogP contribution < -0.4 is 5.32 Å².